The van der Waals surface area contributed by atoms with Crippen LogP contribution in [0.4, 0.5) is 0 Å². The fourth-order valence-electron chi connectivity index (χ4n) is 2.26. The highest BCUT2D eigenvalue weighted by atomic mass is 16.4. The molecule has 4 nitrogen and oxygen atoms in total. The van der Waals surface area contributed by atoms with Crippen molar-refractivity contribution in [3.8, 4) is 0 Å². The van der Waals surface area contributed by atoms with Crippen molar-refractivity contribution in [3.63, 3.8) is 0 Å². The Labute approximate surface area is 71.3 Å². The summed E-state index contributed by atoms with van der Waals surface area (Å²) in [7, 11) is 0. The second kappa shape index (κ2) is 2.44. The highest BCUT2D eigenvalue weighted by Crippen LogP contribution is 2.51. The molecule has 1 aliphatic carbocycles. The van der Waals surface area contributed by atoms with E-state index in [4.69, 9.17) is 10.8 Å². The summed E-state index contributed by atoms with van der Waals surface area (Å²) in [5.74, 6) is 0.0660. The van der Waals surface area contributed by atoms with E-state index in [9.17, 15) is 4.79 Å². The third kappa shape index (κ3) is 1.03. The number of carboxylic acids is 1. The Hall–Kier alpha value is -0.610. The lowest BCUT2D eigenvalue weighted by Crippen LogP contribution is -2.40. The number of piperidine rings is 1. The summed E-state index contributed by atoms with van der Waals surface area (Å²) in [4.78, 5) is 12.7. The van der Waals surface area contributed by atoms with Crippen molar-refractivity contribution in [1.82, 2.24) is 4.90 Å². The predicted molar refractivity (Wildman–Crippen MR) is 43.3 cm³/mol. The number of carboxylic acid groups (broad SMARTS) is 1. The van der Waals surface area contributed by atoms with E-state index in [1.807, 2.05) is 6.92 Å². The largest absolute Gasteiger partial charge is 0.481 e. The number of hydrogen-bond donors (Lipinski definition) is 2. The van der Waals surface area contributed by atoms with Crippen molar-refractivity contribution in [2.24, 2.45) is 23.5 Å². The molecule has 2 aliphatic rings. The smallest absolute Gasteiger partial charge is 0.307 e. The van der Waals surface area contributed by atoms with Crippen LogP contribution in [0.2, 0.25) is 0 Å². The number of aliphatic carboxylic acids is 1. The average molecular weight is 170 g/mol. The Morgan fingerprint density at radius 2 is 2.08 bits per heavy atom. The van der Waals surface area contributed by atoms with E-state index < -0.39 is 5.97 Å². The molecule has 0 aromatic rings. The van der Waals surface area contributed by atoms with Crippen molar-refractivity contribution in [2.75, 3.05) is 13.1 Å². The van der Waals surface area contributed by atoms with E-state index in [-0.39, 0.29) is 12.1 Å². The van der Waals surface area contributed by atoms with E-state index in [1.165, 1.54) is 0 Å². The van der Waals surface area contributed by atoms with Gasteiger partial charge in [-0.3, -0.25) is 9.69 Å². The van der Waals surface area contributed by atoms with Gasteiger partial charge < -0.3 is 10.8 Å². The topological polar surface area (TPSA) is 66.6 Å². The highest BCUT2D eigenvalue weighted by molar-refractivity contribution is 5.74. The van der Waals surface area contributed by atoms with Crippen LogP contribution in [-0.2, 0) is 4.79 Å². The first kappa shape index (κ1) is 8.01. The molecule has 1 saturated heterocycles. The van der Waals surface area contributed by atoms with Crippen LogP contribution in [0, 0.1) is 17.8 Å². The molecule has 0 aromatic carbocycles. The Kier molecular flexibility index (Phi) is 1.63. The molecule has 1 saturated carbocycles. The van der Waals surface area contributed by atoms with Gasteiger partial charge in [0.2, 0.25) is 0 Å². The van der Waals surface area contributed by atoms with E-state index >= 15 is 0 Å². The lowest BCUT2D eigenvalue weighted by atomic mass is 10.2. The molecule has 3 unspecified atom stereocenters. The van der Waals surface area contributed by atoms with Crippen LogP contribution < -0.4 is 5.73 Å². The fourth-order valence-corrected chi connectivity index (χ4v) is 2.26. The maximum Gasteiger partial charge on any atom is 0.307 e. The normalized spacial score (nSPS) is 42.3. The van der Waals surface area contributed by atoms with Gasteiger partial charge in [0.05, 0.1) is 12.1 Å². The van der Waals surface area contributed by atoms with Crippen LogP contribution >= 0.6 is 0 Å². The highest BCUT2D eigenvalue weighted by Gasteiger charge is 2.59. The summed E-state index contributed by atoms with van der Waals surface area (Å²) in [5.41, 5.74) is 5.68. The molecule has 4 heteroatoms. The van der Waals surface area contributed by atoms with E-state index in [0.29, 0.717) is 11.8 Å². The number of nitrogens with two attached hydrogens (primary N) is 1. The Morgan fingerprint density at radius 3 is 2.42 bits per heavy atom. The number of fused-ring (bicyclic) bond motifs is 1. The third-order valence-corrected chi connectivity index (χ3v) is 3.08. The first-order chi connectivity index (χ1) is 5.61. The quantitative estimate of drug-likeness (QED) is 0.589. The van der Waals surface area contributed by atoms with Gasteiger partial charge in [-0.25, -0.2) is 0 Å². The summed E-state index contributed by atoms with van der Waals surface area (Å²) in [6.07, 6.45) is 0.0762. The number of carbonyl (C=O) groups is 1. The van der Waals surface area contributed by atoms with Crippen molar-refractivity contribution in [2.45, 2.75) is 13.1 Å². The van der Waals surface area contributed by atoms with Gasteiger partial charge >= 0.3 is 5.97 Å². The molecule has 3 atom stereocenters. The second-order valence-corrected chi connectivity index (χ2v) is 3.89. The average Bonchev–Trinajstić information content (AvgIpc) is 2.48. The standard InChI is InChI=1S/C8H14N2O2/c1-4(9)10-2-5-6(3-10)7(5)8(11)12/h4-7H,2-3,9H2,1H3,(H,11,12). The van der Waals surface area contributed by atoms with Gasteiger partial charge in [0.25, 0.3) is 0 Å². The second-order valence-electron chi connectivity index (χ2n) is 3.89. The monoisotopic (exact) mass is 170 g/mol. The molecular formula is C8H14N2O2. The number of nitrogens with zero attached hydrogens (tertiary/aromatic N) is 1. The van der Waals surface area contributed by atoms with Crippen LogP contribution in [0.15, 0.2) is 0 Å². The lowest BCUT2D eigenvalue weighted by Gasteiger charge is -2.22. The Balaban J connectivity index is 1.90. The molecule has 1 heterocycles. The van der Waals surface area contributed by atoms with Gasteiger partial charge in [0.1, 0.15) is 0 Å². The summed E-state index contributed by atoms with van der Waals surface area (Å²) in [5, 5.41) is 8.73. The van der Waals surface area contributed by atoms with Gasteiger partial charge in [-0.05, 0) is 18.8 Å². The van der Waals surface area contributed by atoms with Crippen molar-refractivity contribution in [3.05, 3.63) is 0 Å². The van der Waals surface area contributed by atoms with Gasteiger partial charge in [-0.1, -0.05) is 0 Å². The van der Waals surface area contributed by atoms with Crippen molar-refractivity contribution in [1.29, 1.82) is 0 Å². The minimum Gasteiger partial charge on any atom is -0.481 e. The van der Waals surface area contributed by atoms with Crippen molar-refractivity contribution >= 4 is 5.97 Å². The van der Waals surface area contributed by atoms with Crippen LogP contribution in [0.1, 0.15) is 6.92 Å². The molecule has 0 bridgehead atoms. The molecule has 1 aliphatic heterocycles. The molecule has 0 spiro atoms. The predicted octanol–water partition coefficient (Wildman–Crippen LogP) is -0.446. The molecule has 12 heavy (non-hydrogen) atoms. The number of hydrogen-bond acceptors (Lipinski definition) is 3. The lowest BCUT2D eigenvalue weighted by molar-refractivity contribution is -0.139. The first-order valence-electron chi connectivity index (χ1n) is 4.33. The molecule has 0 amide bonds. The van der Waals surface area contributed by atoms with Crippen LogP contribution in [-0.4, -0.2) is 35.2 Å². The van der Waals surface area contributed by atoms with Gasteiger partial charge in [0.15, 0.2) is 0 Å². The van der Waals surface area contributed by atoms with Gasteiger partial charge in [-0.2, -0.15) is 0 Å². The number of rotatable bonds is 2. The van der Waals surface area contributed by atoms with Crippen LogP contribution in [0.5, 0.6) is 0 Å². The zero-order valence-corrected chi connectivity index (χ0v) is 7.10. The first-order valence-corrected chi connectivity index (χ1v) is 4.33. The molecule has 68 valence electrons. The minimum atomic E-state index is -0.630. The number of likely N-dealkylation sites (tertiary alicyclic amines) is 1. The van der Waals surface area contributed by atoms with Gasteiger partial charge in [0, 0.05) is 13.1 Å². The maximum atomic E-state index is 10.6. The summed E-state index contributed by atoms with van der Waals surface area (Å²) < 4.78 is 0. The molecule has 2 fully saturated rings. The summed E-state index contributed by atoms with van der Waals surface area (Å²) >= 11 is 0. The maximum absolute atomic E-state index is 10.6. The SMILES string of the molecule is CC(N)N1CC2C(C1)C2C(=O)O. The zero-order chi connectivity index (χ0) is 8.88. The zero-order valence-electron chi connectivity index (χ0n) is 7.10. The molecule has 0 radical (unpaired) electrons. The van der Waals surface area contributed by atoms with Gasteiger partial charge in [-0.15, -0.1) is 0 Å². The van der Waals surface area contributed by atoms with Crippen molar-refractivity contribution < 1.29 is 9.90 Å². The Morgan fingerprint density at radius 1 is 1.58 bits per heavy atom. The summed E-state index contributed by atoms with van der Waals surface area (Å²) in [6.45, 7) is 3.69. The van der Waals surface area contributed by atoms with Crippen LogP contribution in [0.3, 0.4) is 0 Å². The molecular weight excluding hydrogens is 156 g/mol. The van der Waals surface area contributed by atoms with E-state index in [2.05, 4.69) is 4.90 Å². The fraction of sp³-hybridized carbons (Fsp3) is 0.875. The summed E-state index contributed by atoms with van der Waals surface area (Å²) in [6, 6.07) is 0. The van der Waals surface area contributed by atoms with E-state index in [0.717, 1.165) is 13.1 Å². The Bertz CT molecular complexity index is 205. The third-order valence-electron chi connectivity index (χ3n) is 3.08. The van der Waals surface area contributed by atoms with Crippen LogP contribution in [0.25, 0.3) is 0 Å². The van der Waals surface area contributed by atoms with E-state index in [1.54, 1.807) is 0 Å². The molecule has 0 aromatic heterocycles. The molecule has 2 rings (SSSR count). The molecule has 3 N–H and O–H groups in total. The minimum absolute atomic E-state index is 0.0694.